The minimum Gasteiger partial charge on any atom is -0.322 e. The molecule has 0 unspecified atom stereocenters. The van der Waals surface area contributed by atoms with Crippen LogP contribution in [0.3, 0.4) is 0 Å². The van der Waals surface area contributed by atoms with Crippen LogP contribution in [-0.2, 0) is 0 Å². The van der Waals surface area contributed by atoms with Crippen molar-refractivity contribution in [2.24, 2.45) is 0 Å². The van der Waals surface area contributed by atoms with Crippen LogP contribution in [0, 0.1) is 18.6 Å². The van der Waals surface area contributed by atoms with Crippen LogP contribution in [0.15, 0.2) is 33.9 Å². The molecule has 98 valence electrons. The van der Waals surface area contributed by atoms with E-state index in [9.17, 15) is 8.78 Å². The predicted molar refractivity (Wildman–Crippen MR) is 76.2 cm³/mol. The molecule has 0 aliphatic carbocycles. The highest BCUT2D eigenvalue weighted by Gasteiger charge is 2.09. The van der Waals surface area contributed by atoms with Crippen molar-refractivity contribution in [1.29, 1.82) is 0 Å². The molecule has 0 fully saturated rings. The summed E-state index contributed by atoms with van der Waals surface area (Å²) in [4.78, 5) is 0. The summed E-state index contributed by atoms with van der Waals surface area (Å²) in [7, 11) is 0. The molecule has 0 amide bonds. The maximum Gasteiger partial charge on any atom is 0.152 e. The van der Waals surface area contributed by atoms with Gasteiger partial charge in [0.25, 0.3) is 0 Å². The van der Waals surface area contributed by atoms with Gasteiger partial charge in [-0.25, -0.2) is 8.78 Å². The summed E-state index contributed by atoms with van der Waals surface area (Å²) in [5.41, 5.74) is 0.342. The van der Waals surface area contributed by atoms with Crippen LogP contribution in [0.4, 0.5) is 14.5 Å². The van der Waals surface area contributed by atoms with Gasteiger partial charge in [-0.05, 0) is 42.5 Å². The lowest BCUT2D eigenvalue weighted by atomic mass is 10.2. The lowest BCUT2D eigenvalue weighted by Gasteiger charge is -2.07. The van der Waals surface area contributed by atoms with E-state index >= 15 is 0 Å². The normalized spacial score (nSPS) is 9.61. The van der Waals surface area contributed by atoms with Crippen molar-refractivity contribution >= 4 is 29.0 Å². The quantitative estimate of drug-likeness (QED) is 0.750. The van der Waals surface area contributed by atoms with Crippen molar-refractivity contribution in [3.63, 3.8) is 0 Å². The molecule has 5 heteroatoms. The number of hydrogen-bond donors (Lipinski definition) is 1. The molecule has 18 heavy (non-hydrogen) atoms. The summed E-state index contributed by atoms with van der Waals surface area (Å²) in [6.45, 7) is 5.42. The summed E-state index contributed by atoms with van der Waals surface area (Å²) >= 11 is 2.87. The third-order valence-corrected chi connectivity index (χ3v) is 3.94. The molecule has 0 saturated carbocycles. The number of anilines is 1. The van der Waals surface area contributed by atoms with Crippen LogP contribution in [-0.4, -0.2) is 0 Å². The van der Waals surface area contributed by atoms with Crippen molar-refractivity contribution in [2.75, 3.05) is 4.72 Å². The average molecular weight is 287 g/mol. The molecule has 1 heterocycles. The SMILES string of the molecule is CC.Cc1c(F)ccc(NSc2cccs2)c1F. The van der Waals surface area contributed by atoms with Gasteiger partial charge in [-0.3, -0.25) is 0 Å². The Kier molecular flexibility index (Phi) is 6.15. The second-order valence-electron chi connectivity index (χ2n) is 3.17. The fourth-order valence-corrected chi connectivity index (χ4v) is 2.61. The minimum atomic E-state index is -0.538. The van der Waals surface area contributed by atoms with E-state index in [2.05, 4.69) is 4.72 Å². The van der Waals surface area contributed by atoms with Crippen LogP contribution in [0.5, 0.6) is 0 Å². The molecular weight excluding hydrogens is 272 g/mol. The van der Waals surface area contributed by atoms with Gasteiger partial charge in [0.05, 0.1) is 9.90 Å². The van der Waals surface area contributed by atoms with Gasteiger partial charge in [0.15, 0.2) is 5.82 Å². The zero-order valence-electron chi connectivity index (χ0n) is 10.5. The first kappa shape index (κ1) is 15.0. The molecule has 2 aromatic rings. The van der Waals surface area contributed by atoms with E-state index < -0.39 is 11.6 Å². The molecule has 1 N–H and O–H groups in total. The second-order valence-corrected chi connectivity index (χ2v) is 5.22. The predicted octanol–water partition coefficient (Wildman–Crippen LogP) is 5.48. The van der Waals surface area contributed by atoms with Gasteiger partial charge in [-0.15, -0.1) is 11.3 Å². The van der Waals surface area contributed by atoms with Crippen molar-refractivity contribution in [3.05, 3.63) is 46.8 Å². The van der Waals surface area contributed by atoms with Crippen LogP contribution >= 0.6 is 23.3 Å². The van der Waals surface area contributed by atoms with Crippen molar-refractivity contribution in [1.82, 2.24) is 0 Å². The van der Waals surface area contributed by atoms with E-state index in [0.717, 1.165) is 4.21 Å². The molecule has 2 rings (SSSR count). The molecule has 1 aromatic carbocycles. The van der Waals surface area contributed by atoms with Gasteiger partial charge in [0.2, 0.25) is 0 Å². The smallest absolute Gasteiger partial charge is 0.152 e. The molecule has 0 radical (unpaired) electrons. The second kappa shape index (κ2) is 7.38. The molecule has 0 bridgehead atoms. The number of rotatable bonds is 3. The summed E-state index contributed by atoms with van der Waals surface area (Å²) in [6.07, 6.45) is 0. The van der Waals surface area contributed by atoms with Gasteiger partial charge < -0.3 is 4.72 Å². The largest absolute Gasteiger partial charge is 0.322 e. The standard InChI is InChI=1S/C11H9F2NS2.C2H6/c1-7-8(12)4-5-9(11(7)13)14-16-10-3-2-6-15-10;1-2/h2-6,14H,1H3;1-2H3. The lowest BCUT2D eigenvalue weighted by molar-refractivity contribution is 0.571. The third kappa shape index (κ3) is 3.71. The first-order valence-electron chi connectivity index (χ1n) is 5.59. The summed E-state index contributed by atoms with van der Waals surface area (Å²) in [6, 6.07) is 6.51. The Morgan fingerprint density at radius 3 is 2.50 bits per heavy atom. The number of thiophene rings is 1. The minimum absolute atomic E-state index is 0.0387. The monoisotopic (exact) mass is 287 g/mol. The van der Waals surface area contributed by atoms with E-state index in [1.807, 2.05) is 31.4 Å². The van der Waals surface area contributed by atoms with Crippen molar-refractivity contribution in [3.8, 4) is 0 Å². The average Bonchev–Trinajstić information content (AvgIpc) is 2.91. The lowest BCUT2D eigenvalue weighted by Crippen LogP contribution is -1.95. The Morgan fingerprint density at radius 1 is 1.17 bits per heavy atom. The maximum absolute atomic E-state index is 13.6. The van der Waals surface area contributed by atoms with E-state index in [1.54, 1.807) is 11.3 Å². The number of nitrogens with one attached hydrogen (secondary N) is 1. The third-order valence-electron chi connectivity index (χ3n) is 2.08. The van der Waals surface area contributed by atoms with Gasteiger partial charge in [-0.2, -0.15) is 0 Å². The molecule has 1 aromatic heterocycles. The van der Waals surface area contributed by atoms with Crippen molar-refractivity contribution < 1.29 is 8.78 Å². The molecule has 0 spiro atoms. The Labute approximate surface area is 114 Å². The number of halogens is 2. The Morgan fingerprint density at radius 2 is 1.89 bits per heavy atom. The molecular formula is C13H15F2NS2. The van der Waals surface area contributed by atoms with Crippen LogP contribution < -0.4 is 4.72 Å². The summed E-state index contributed by atoms with van der Waals surface area (Å²) in [5, 5.41) is 1.94. The Bertz CT molecular complexity index is 484. The van der Waals surface area contributed by atoms with Gasteiger partial charge in [0, 0.05) is 5.56 Å². The zero-order chi connectivity index (χ0) is 13.5. The highest BCUT2D eigenvalue weighted by atomic mass is 32.2. The first-order chi connectivity index (χ1) is 8.68. The molecule has 0 aliphatic rings. The Balaban J connectivity index is 0.000000771. The van der Waals surface area contributed by atoms with Gasteiger partial charge in [-0.1, -0.05) is 19.9 Å². The Hall–Kier alpha value is -1.07. The first-order valence-corrected chi connectivity index (χ1v) is 7.29. The summed E-state index contributed by atoms with van der Waals surface area (Å²) < 4.78 is 30.5. The van der Waals surface area contributed by atoms with Crippen molar-refractivity contribution in [2.45, 2.75) is 25.0 Å². The maximum atomic E-state index is 13.6. The van der Waals surface area contributed by atoms with Gasteiger partial charge >= 0.3 is 0 Å². The summed E-state index contributed by atoms with van der Waals surface area (Å²) in [5.74, 6) is -1.06. The molecule has 0 aliphatic heterocycles. The fraction of sp³-hybridized carbons (Fsp3) is 0.231. The van der Waals surface area contributed by atoms with Crippen LogP contribution in [0.1, 0.15) is 19.4 Å². The number of hydrogen-bond acceptors (Lipinski definition) is 3. The van der Waals surface area contributed by atoms with E-state index in [-0.39, 0.29) is 5.56 Å². The van der Waals surface area contributed by atoms with E-state index in [4.69, 9.17) is 0 Å². The van der Waals surface area contributed by atoms with Crippen LogP contribution in [0.2, 0.25) is 0 Å². The highest BCUT2D eigenvalue weighted by molar-refractivity contribution is 8.02. The van der Waals surface area contributed by atoms with E-state index in [0.29, 0.717) is 5.69 Å². The number of benzene rings is 1. The van der Waals surface area contributed by atoms with Gasteiger partial charge in [0.1, 0.15) is 5.82 Å². The van der Waals surface area contributed by atoms with Crippen LogP contribution in [0.25, 0.3) is 0 Å². The fourth-order valence-electron chi connectivity index (χ4n) is 1.17. The zero-order valence-corrected chi connectivity index (χ0v) is 12.1. The molecule has 1 nitrogen and oxygen atoms in total. The van der Waals surface area contributed by atoms with E-state index in [1.165, 1.54) is 31.0 Å². The molecule has 0 atom stereocenters. The topological polar surface area (TPSA) is 12.0 Å². The highest BCUT2D eigenvalue weighted by Crippen LogP contribution is 2.28. The molecule has 0 saturated heterocycles.